The quantitative estimate of drug-likeness (QED) is 0.767. The molecule has 1 atom stereocenters. The van der Waals surface area contributed by atoms with Gasteiger partial charge in [-0.25, -0.2) is 0 Å². The molecule has 0 spiro atoms. The third-order valence-corrected chi connectivity index (χ3v) is 5.03. The molecule has 0 unspecified atom stereocenters. The zero-order valence-corrected chi connectivity index (χ0v) is 13.2. The number of nitrogens with zero attached hydrogens (tertiary/aromatic N) is 1. The molecule has 1 saturated heterocycles. The van der Waals surface area contributed by atoms with Crippen molar-refractivity contribution in [3.63, 3.8) is 0 Å². The van der Waals surface area contributed by atoms with Crippen molar-refractivity contribution in [2.24, 2.45) is 0 Å². The van der Waals surface area contributed by atoms with Crippen molar-refractivity contribution in [3.05, 3.63) is 35.9 Å². The zero-order valence-electron chi connectivity index (χ0n) is 12.4. The highest BCUT2D eigenvalue weighted by Gasteiger charge is 2.28. The van der Waals surface area contributed by atoms with Crippen molar-refractivity contribution >= 4 is 16.2 Å². The fourth-order valence-electron chi connectivity index (χ4n) is 2.20. The first kappa shape index (κ1) is 16.9. The van der Waals surface area contributed by atoms with Gasteiger partial charge in [-0.05, 0) is 5.56 Å². The lowest BCUT2D eigenvalue weighted by atomic mass is 10.1. The van der Waals surface area contributed by atoms with Crippen LogP contribution in [0.5, 0.6) is 0 Å². The molecule has 1 heterocycles. The Morgan fingerprint density at radius 1 is 1.32 bits per heavy atom. The topological polar surface area (TPSA) is 84.9 Å². The Bertz CT molecular complexity index is 585. The molecule has 0 saturated carbocycles. The van der Waals surface area contributed by atoms with Crippen LogP contribution in [0.3, 0.4) is 0 Å². The summed E-state index contributed by atoms with van der Waals surface area (Å²) in [6, 6.07) is 8.30. The van der Waals surface area contributed by atoms with E-state index in [2.05, 4.69) is 9.46 Å². The standard InChI is InChI=1S/C14H20N2O5S/c1-20-14(17)11-13(12-5-3-2-4-6-12)15-22(18,19)16-7-9-21-10-8-16/h2-6,13,15H,7-11H2,1H3/t13-/m1/s1. The van der Waals surface area contributed by atoms with Crippen molar-refractivity contribution in [1.29, 1.82) is 0 Å². The smallest absolute Gasteiger partial charge is 0.307 e. The van der Waals surface area contributed by atoms with Crippen molar-refractivity contribution in [1.82, 2.24) is 9.03 Å². The molecule has 0 bridgehead atoms. The maximum atomic E-state index is 12.4. The number of rotatable bonds is 6. The largest absolute Gasteiger partial charge is 0.469 e. The van der Waals surface area contributed by atoms with E-state index in [9.17, 15) is 13.2 Å². The molecule has 122 valence electrons. The molecule has 1 aliphatic heterocycles. The Hall–Kier alpha value is -1.48. The van der Waals surface area contributed by atoms with Crippen LogP contribution >= 0.6 is 0 Å². The van der Waals surface area contributed by atoms with Crippen molar-refractivity contribution in [2.45, 2.75) is 12.5 Å². The summed E-state index contributed by atoms with van der Waals surface area (Å²) in [7, 11) is -2.41. The second-order valence-corrected chi connectivity index (χ2v) is 6.58. The number of carbonyl (C=O) groups is 1. The third kappa shape index (κ3) is 4.51. The molecule has 0 amide bonds. The summed E-state index contributed by atoms with van der Waals surface area (Å²) in [5.41, 5.74) is 0.713. The number of hydrogen-bond acceptors (Lipinski definition) is 5. The Kier molecular flexibility index (Phi) is 5.90. The Morgan fingerprint density at radius 2 is 1.95 bits per heavy atom. The molecule has 0 radical (unpaired) electrons. The van der Waals surface area contributed by atoms with E-state index in [1.165, 1.54) is 11.4 Å². The molecule has 1 aromatic rings. The average Bonchev–Trinajstić information content (AvgIpc) is 2.55. The first-order valence-corrected chi connectivity index (χ1v) is 8.44. The molecule has 0 aromatic heterocycles. The van der Waals surface area contributed by atoms with Crippen LogP contribution in [0.2, 0.25) is 0 Å². The molecular formula is C14H20N2O5S. The van der Waals surface area contributed by atoms with Gasteiger partial charge in [0.1, 0.15) is 0 Å². The van der Waals surface area contributed by atoms with Crippen LogP contribution < -0.4 is 4.72 Å². The predicted molar refractivity (Wildman–Crippen MR) is 80.3 cm³/mol. The fourth-order valence-corrected chi connectivity index (χ4v) is 3.56. The van der Waals surface area contributed by atoms with Crippen LogP contribution in [0.15, 0.2) is 30.3 Å². The van der Waals surface area contributed by atoms with Gasteiger partial charge >= 0.3 is 5.97 Å². The Labute approximate surface area is 130 Å². The summed E-state index contributed by atoms with van der Waals surface area (Å²) in [5.74, 6) is -0.474. The SMILES string of the molecule is COC(=O)C[C@@H](NS(=O)(=O)N1CCOCC1)c1ccccc1. The van der Waals surface area contributed by atoms with E-state index in [1.807, 2.05) is 6.07 Å². The molecule has 1 N–H and O–H groups in total. The van der Waals surface area contributed by atoms with Gasteiger partial charge in [0.2, 0.25) is 0 Å². The third-order valence-electron chi connectivity index (χ3n) is 3.40. The highest BCUT2D eigenvalue weighted by atomic mass is 32.2. The molecule has 8 heteroatoms. The van der Waals surface area contributed by atoms with E-state index in [0.29, 0.717) is 31.9 Å². The first-order valence-electron chi connectivity index (χ1n) is 7.00. The number of nitrogens with one attached hydrogen (secondary N) is 1. The number of carbonyl (C=O) groups excluding carboxylic acids is 1. The molecular weight excluding hydrogens is 308 g/mol. The Balaban J connectivity index is 2.16. The normalized spacial score (nSPS) is 17.9. The van der Waals surface area contributed by atoms with Gasteiger partial charge < -0.3 is 9.47 Å². The molecule has 1 aliphatic rings. The zero-order chi connectivity index (χ0) is 16.0. The molecule has 1 fully saturated rings. The van der Waals surface area contributed by atoms with Gasteiger partial charge in [0, 0.05) is 13.1 Å². The van der Waals surface area contributed by atoms with E-state index in [1.54, 1.807) is 24.3 Å². The lowest BCUT2D eigenvalue weighted by molar-refractivity contribution is -0.141. The van der Waals surface area contributed by atoms with Gasteiger partial charge in [0.05, 0.1) is 32.8 Å². The van der Waals surface area contributed by atoms with Gasteiger partial charge in [0.25, 0.3) is 10.2 Å². The minimum Gasteiger partial charge on any atom is -0.469 e. The minimum absolute atomic E-state index is 0.0654. The number of morpholine rings is 1. The average molecular weight is 328 g/mol. The number of methoxy groups -OCH3 is 1. The van der Waals surface area contributed by atoms with E-state index in [-0.39, 0.29) is 6.42 Å². The minimum atomic E-state index is -3.69. The number of ether oxygens (including phenoxy) is 2. The van der Waals surface area contributed by atoms with Gasteiger partial charge in [-0.1, -0.05) is 30.3 Å². The number of hydrogen-bond donors (Lipinski definition) is 1. The van der Waals surface area contributed by atoms with Crippen LogP contribution in [0.1, 0.15) is 18.0 Å². The van der Waals surface area contributed by atoms with Crippen molar-refractivity contribution in [2.75, 3.05) is 33.4 Å². The molecule has 1 aromatic carbocycles. The van der Waals surface area contributed by atoms with E-state index < -0.39 is 22.2 Å². The first-order chi connectivity index (χ1) is 10.5. The summed E-state index contributed by atoms with van der Waals surface area (Å²) >= 11 is 0. The number of benzene rings is 1. The predicted octanol–water partition coefficient (Wildman–Crippen LogP) is 0.457. The lowest BCUT2D eigenvalue weighted by Gasteiger charge is -2.28. The highest BCUT2D eigenvalue weighted by molar-refractivity contribution is 7.87. The van der Waals surface area contributed by atoms with Crippen LogP contribution in [-0.4, -0.2) is 52.1 Å². The van der Waals surface area contributed by atoms with Crippen LogP contribution in [-0.2, 0) is 24.5 Å². The van der Waals surface area contributed by atoms with Crippen LogP contribution in [0.25, 0.3) is 0 Å². The maximum absolute atomic E-state index is 12.4. The van der Waals surface area contributed by atoms with Crippen LogP contribution in [0, 0.1) is 0 Å². The summed E-state index contributed by atoms with van der Waals surface area (Å²) in [6.45, 7) is 1.34. The van der Waals surface area contributed by atoms with Crippen LogP contribution in [0.4, 0.5) is 0 Å². The fraction of sp³-hybridized carbons (Fsp3) is 0.500. The monoisotopic (exact) mass is 328 g/mol. The van der Waals surface area contributed by atoms with Crippen molar-refractivity contribution in [3.8, 4) is 0 Å². The maximum Gasteiger partial charge on any atom is 0.307 e. The molecule has 22 heavy (non-hydrogen) atoms. The molecule has 2 rings (SSSR count). The number of esters is 1. The van der Waals surface area contributed by atoms with Gasteiger partial charge in [-0.2, -0.15) is 17.4 Å². The summed E-state index contributed by atoms with van der Waals surface area (Å²) in [4.78, 5) is 11.6. The second-order valence-electron chi connectivity index (χ2n) is 4.88. The Morgan fingerprint density at radius 3 is 2.55 bits per heavy atom. The summed E-state index contributed by atoms with van der Waals surface area (Å²) in [5, 5.41) is 0. The van der Waals surface area contributed by atoms with E-state index in [0.717, 1.165) is 0 Å². The lowest BCUT2D eigenvalue weighted by Crippen LogP contribution is -2.47. The summed E-state index contributed by atoms with van der Waals surface area (Å²) < 4.78 is 38.6. The summed E-state index contributed by atoms with van der Waals surface area (Å²) in [6.07, 6.45) is -0.0654. The van der Waals surface area contributed by atoms with Gasteiger partial charge in [0.15, 0.2) is 0 Å². The highest BCUT2D eigenvalue weighted by Crippen LogP contribution is 2.19. The van der Waals surface area contributed by atoms with Gasteiger partial charge in [-0.3, -0.25) is 4.79 Å². The molecule has 0 aliphatic carbocycles. The second kappa shape index (κ2) is 7.68. The van der Waals surface area contributed by atoms with Gasteiger partial charge in [-0.15, -0.1) is 0 Å². The van der Waals surface area contributed by atoms with E-state index >= 15 is 0 Å². The van der Waals surface area contributed by atoms with Crippen molar-refractivity contribution < 1.29 is 22.7 Å². The van der Waals surface area contributed by atoms with E-state index in [4.69, 9.17) is 4.74 Å². The molecule has 7 nitrogen and oxygen atoms in total.